The van der Waals surface area contributed by atoms with Crippen molar-refractivity contribution in [2.24, 2.45) is 10.8 Å². The van der Waals surface area contributed by atoms with Crippen LogP contribution in [0.5, 0.6) is 11.5 Å². The van der Waals surface area contributed by atoms with Gasteiger partial charge in [0.1, 0.15) is 28.6 Å². The van der Waals surface area contributed by atoms with Crippen LogP contribution in [0.1, 0.15) is 75.4 Å². The minimum Gasteiger partial charge on any atom is -0.455 e. The highest BCUT2D eigenvalue weighted by atomic mass is 35.5. The Balaban J connectivity index is 0.988. The molecule has 0 saturated carbocycles. The lowest BCUT2D eigenvalue weighted by Gasteiger charge is -2.39. The Kier molecular flexibility index (Phi) is 14.6. The molecular weight excluding hydrogens is 963 g/mol. The van der Waals surface area contributed by atoms with Gasteiger partial charge in [-0.05, 0) is 84.3 Å². The van der Waals surface area contributed by atoms with Gasteiger partial charge in [-0.15, -0.1) is 0 Å². The minimum absolute atomic E-state index is 0.0222. The summed E-state index contributed by atoms with van der Waals surface area (Å²) >= 11 is 6.54. The third kappa shape index (κ3) is 12.0. The van der Waals surface area contributed by atoms with Crippen LogP contribution in [0.2, 0.25) is 5.02 Å². The number of piperazine rings is 1. The van der Waals surface area contributed by atoms with Gasteiger partial charge < -0.3 is 29.6 Å². The standard InChI is InChI=1S/C51H57ClF3N7O8S/c1-49(2,3)48(64)61-20-21-69-37(30-61)28-57-43-11-8-38(25-44(43)62(65)66)71(67,68)31-45(63)40-10-7-35(24-46(40)70-36-22-32-13-15-56-47(32)58-27-36)60-18-16-59(17-19-60)29-33-12-14-50(4,5)26-41(33)39-9-6-34(23-42(39)52)51(53,54)55/h6-11,13,15,22-25,27,37,57H,12,14,16-21,26,28-31H2,1-5H3,(H,56,58). The first-order valence-corrected chi connectivity index (χ1v) is 25.5. The first-order chi connectivity index (χ1) is 33.4. The zero-order valence-corrected chi connectivity index (χ0v) is 41.8. The fourth-order valence-electron chi connectivity index (χ4n) is 9.35. The second-order valence-corrected chi connectivity index (χ2v) is 22.6. The monoisotopic (exact) mass is 1020 g/mol. The molecule has 5 aromatic rings. The average molecular weight is 1020 g/mol. The van der Waals surface area contributed by atoms with Crippen molar-refractivity contribution in [2.45, 2.75) is 71.1 Å². The summed E-state index contributed by atoms with van der Waals surface area (Å²) in [6.07, 6.45) is 0.621. The number of alkyl halides is 3. The van der Waals surface area contributed by atoms with Gasteiger partial charge in [-0.3, -0.25) is 24.6 Å². The van der Waals surface area contributed by atoms with Crippen molar-refractivity contribution >= 4 is 66.8 Å². The van der Waals surface area contributed by atoms with E-state index in [0.717, 1.165) is 53.3 Å². The van der Waals surface area contributed by atoms with Crippen LogP contribution in [-0.2, 0) is 25.5 Å². The van der Waals surface area contributed by atoms with Gasteiger partial charge in [0.15, 0.2) is 15.6 Å². The number of nitro groups is 1. The summed E-state index contributed by atoms with van der Waals surface area (Å²) in [7, 11) is -4.44. The van der Waals surface area contributed by atoms with Crippen LogP contribution < -0.4 is 15.0 Å². The Morgan fingerprint density at radius 1 is 1.01 bits per heavy atom. The van der Waals surface area contributed by atoms with E-state index in [1.165, 1.54) is 30.5 Å². The number of hydrogen-bond donors (Lipinski definition) is 2. The van der Waals surface area contributed by atoms with E-state index in [0.29, 0.717) is 69.3 Å². The largest absolute Gasteiger partial charge is 0.455 e. The number of ketones is 1. The van der Waals surface area contributed by atoms with Gasteiger partial charge in [-0.2, -0.15) is 13.2 Å². The number of allylic oxidation sites excluding steroid dienone is 1. The van der Waals surface area contributed by atoms with Crippen molar-refractivity contribution in [1.29, 1.82) is 0 Å². The molecule has 1 unspecified atom stereocenters. The van der Waals surface area contributed by atoms with E-state index in [4.69, 9.17) is 21.1 Å². The molecular formula is C51H57ClF3N7O8S. The molecule has 0 radical (unpaired) electrons. The number of hydrogen-bond acceptors (Lipinski definition) is 12. The van der Waals surface area contributed by atoms with Crippen molar-refractivity contribution in [1.82, 2.24) is 19.8 Å². The van der Waals surface area contributed by atoms with E-state index in [1.807, 2.05) is 26.8 Å². The number of Topliss-reactive ketones (excluding diaryl/α,β-unsaturated/α-hetero) is 1. The topological polar surface area (TPSA) is 180 Å². The number of pyridine rings is 1. The van der Waals surface area contributed by atoms with Crippen LogP contribution in [0.25, 0.3) is 16.6 Å². The molecule has 1 aliphatic carbocycles. The molecule has 8 rings (SSSR count). The van der Waals surface area contributed by atoms with Crippen molar-refractivity contribution in [2.75, 3.05) is 74.9 Å². The number of nitrogens with zero attached hydrogens (tertiary/aromatic N) is 5. The maximum absolute atomic E-state index is 14.1. The molecule has 1 amide bonds. The number of aromatic amines is 1. The van der Waals surface area contributed by atoms with Gasteiger partial charge >= 0.3 is 6.18 Å². The van der Waals surface area contributed by atoms with Crippen molar-refractivity contribution < 1.29 is 45.6 Å². The molecule has 3 aromatic carbocycles. The maximum Gasteiger partial charge on any atom is 0.416 e. The van der Waals surface area contributed by atoms with Gasteiger partial charge in [0.25, 0.3) is 5.69 Å². The molecule has 2 aromatic heterocycles. The lowest BCUT2D eigenvalue weighted by molar-refractivity contribution is -0.384. The second-order valence-electron chi connectivity index (χ2n) is 20.2. The quantitative estimate of drug-likeness (QED) is 0.0612. The second kappa shape index (κ2) is 20.2. The molecule has 2 saturated heterocycles. The number of benzene rings is 3. The van der Waals surface area contributed by atoms with Crippen molar-refractivity contribution in [3.8, 4) is 11.5 Å². The van der Waals surface area contributed by atoms with Crippen molar-refractivity contribution in [3.63, 3.8) is 0 Å². The van der Waals surface area contributed by atoms with Gasteiger partial charge in [0.05, 0.1) is 39.9 Å². The summed E-state index contributed by atoms with van der Waals surface area (Å²) in [5.41, 5.74) is 2.17. The molecule has 2 N–H and O–H groups in total. The van der Waals surface area contributed by atoms with Crippen LogP contribution in [0.3, 0.4) is 0 Å². The number of fused-ring (bicyclic) bond motifs is 1. The Labute approximate surface area is 415 Å². The summed E-state index contributed by atoms with van der Waals surface area (Å²) in [6, 6.07) is 15.5. The predicted octanol–water partition coefficient (Wildman–Crippen LogP) is 10.1. The molecule has 2 fully saturated rings. The average Bonchev–Trinajstić information content (AvgIpc) is 3.79. The zero-order valence-electron chi connectivity index (χ0n) is 40.2. The molecule has 2 aliphatic heterocycles. The van der Waals surface area contributed by atoms with E-state index < -0.39 is 60.1 Å². The van der Waals surface area contributed by atoms with E-state index >= 15 is 0 Å². The number of carbonyl (C=O) groups excluding carboxylic acids is 2. The summed E-state index contributed by atoms with van der Waals surface area (Å²) in [4.78, 5) is 51.7. The smallest absolute Gasteiger partial charge is 0.416 e. The lowest BCUT2D eigenvalue weighted by Crippen LogP contribution is -2.51. The molecule has 3 aliphatic rings. The summed E-state index contributed by atoms with van der Waals surface area (Å²) in [5, 5.41) is 16.1. The number of sulfone groups is 1. The van der Waals surface area contributed by atoms with E-state index in [-0.39, 0.29) is 46.4 Å². The maximum atomic E-state index is 14.1. The van der Waals surface area contributed by atoms with Crippen LogP contribution in [0.15, 0.2) is 89.6 Å². The molecule has 15 nitrogen and oxygen atoms in total. The van der Waals surface area contributed by atoms with Gasteiger partial charge in [0, 0.05) is 92.2 Å². The molecule has 0 spiro atoms. The van der Waals surface area contributed by atoms with E-state index in [1.54, 1.807) is 29.3 Å². The number of halogens is 4. The fourth-order valence-corrected chi connectivity index (χ4v) is 10.9. The predicted molar refractivity (Wildman–Crippen MR) is 266 cm³/mol. The summed E-state index contributed by atoms with van der Waals surface area (Å²) in [6.45, 7) is 14.0. The number of H-pyrrole nitrogens is 1. The third-order valence-corrected chi connectivity index (χ3v) is 15.2. The molecule has 1 atom stereocenters. The first kappa shape index (κ1) is 51.3. The lowest BCUT2D eigenvalue weighted by atomic mass is 9.72. The minimum atomic E-state index is -4.50. The van der Waals surface area contributed by atoms with Gasteiger partial charge in [-0.1, -0.05) is 57.9 Å². The number of aromatic nitrogens is 2. The first-order valence-electron chi connectivity index (χ1n) is 23.4. The Morgan fingerprint density at radius 3 is 2.48 bits per heavy atom. The van der Waals surface area contributed by atoms with Crippen LogP contribution in [-0.4, -0.2) is 116 Å². The van der Waals surface area contributed by atoms with Crippen LogP contribution in [0, 0.1) is 20.9 Å². The summed E-state index contributed by atoms with van der Waals surface area (Å²) < 4.78 is 80.6. The highest BCUT2D eigenvalue weighted by Gasteiger charge is 2.35. The van der Waals surface area contributed by atoms with Gasteiger partial charge in [-0.25, -0.2) is 13.4 Å². The molecule has 378 valence electrons. The van der Waals surface area contributed by atoms with E-state index in [2.05, 4.69) is 38.9 Å². The third-order valence-electron chi connectivity index (χ3n) is 13.3. The highest BCUT2D eigenvalue weighted by Crippen LogP contribution is 2.46. The normalized spacial score (nSPS) is 18.2. The Bertz CT molecular complexity index is 3000. The van der Waals surface area contributed by atoms with Gasteiger partial charge in [0.2, 0.25) is 5.91 Å². The zero-order chi connectivity index (χ0) is 51.0. The van der Waals surface area contributed by atoms with Crippen LogP contribution >= 0.6 is 11.6 Å². The number of nitrogens with one attached hydrogen (secondary N) is 2. The molecule has 0 bridgehead atoms. The summed E-state index contributed by atoms with van der Waals surface area (Å²) in [5.74, 6) is -1.46. The van der Waals surface area contributed by atoms with Crippen molar-refractivity contribution in [3.05, 3.63) is 117 Å². The number of anilines is 2. The molecule has 4 heterocycles. The number of nitro benzene ring substituents is 1. The number of ether oxygens (including phenoxy) is 2. The Hall–Kier alpha value is -6.02. The number of amides is 1. The number of carbonyl (C=O) groups is 2. The molecule has 20 heteroatoms. The Morgan fingerprint density at radius 2 is 1.77 bits per heavy atom. The highest BCUT2D eigenvalue weighted by molar-refractivity contribution is 7.92. The van der Waals surface area contributed by atoms with E-state index in [9.17, 15) is 41.3 Å². The molecule has 71 heavy (non-hydrogen) atoms. The SMILES string of the molecule is CC1(C)CCC(CN2CCN(c3ccc(C(=O)CS(=O)(=O)c4ccc(NCC5CN(C(=O)C(C)(C)C)CCO5)c([N+](=O)[O-])c4)c(Oc4cnc5[nH]ccc5c4)c3)CC2)=C(c2ccc(C(F)(F)F)cc2Cl)C1. The number of rotatable bonds is 14. The van der Waals surface area contributed by atoms with Crippen LogP contribution in [0.4, 0.5) is 30.2 Å². The number of morpholine rings is 1. The fraction of sp³-hybridized carbons (Fsp3) is 0.431.